The molecule has 1 rings (SSSR count). The van der Waals surface area contributed by atoms with Crippen LogP contribution in [-0.4, -0.2) is 46.7 Å². The van der Waals surface area contributed by atoms with E-state index in [1.807, 2.05) is 0 Å². The van der Waals surface area contributed by atoms with E-state index in [-0.39, 0.29) is 31.3 Å². The minimum absolute atomic E-state index is 0.0630. The highest BCUT2D eigenvalue weighted by Crippen LogP contribution is 2.16. The van der Waals surface area contributed by atoms with E-state index in [9.17, 15) is 9.59 Å². The fraction of sp³-hybridized carbons (Fsp3) is 0.800. The van der Waals surface area contributed by atoms with Crippen molar-refractivity contribution in [2.24, 2.45) is 5.92 Å². The molecule has 5 heteroatoms. The van der Waals surface area contributed by atoms with Crippen LogP contribution in [0.2, 0.25) is 0 Å². The number of likely N-dealkylation sites (tertiary alicyclic amines) is 1. The molecule has 2 N–H and O–H groups in total. The van der Waals surface area contributed by atoms with Gasteiger partial charge in [0.15, 0.2) is 0 Å². The largest absolute Gasteiger partial charge is 0.481 e. The summed E-state index contributed by atoms with van der Waals surface area (Å²) in [5.74, 6) is -0.901. The lowest BCUT2D eigenvalue weighted by molar-refractivity contribution is -0.141. The Balaban J connectivity index is 2.35. The monoisotopic (exact) mass is 215 g/mol. The second kappa shape index (κ2) is 5.70. The van der Waals surface area contributed by atoms with Crippen LogP contribution in [0.3, 0.4) is 0 Å². The Labute approximate surface area is 88.7 Å². The second-order valence-electron chi connectivity index (χ2n) is 3.92. The summed E-state index contributed by atoms with van der Waals surface area (Å²) in [7, 11) is 0. The first kappa shape index (κ1) is 12.0. The summed E-state index contributed by atoms with van der Waals surface area (Å²) in [4.78, 5) is 23.5. The van der Waals surface area contributed by atoms with E-state index in [1.165, 1.54) is 0 Å². The third kappa shape index (κ3) is 3.87. The van der Waals surface area contributed by atoms with Gasteiger partial charge in [-0.15, -0.1) is 0 Å². The first-order valence-corrected chi connectivity index (χ1v) is 5.24. The molecule has 15 heavy (non-hydrogen) atoms. The standard InChI is InChI=1S/C10H17NO4/c12-7-8-2-1-5-11(6-8)9(13)3-4-10(14)15/h8,12H,1-7H2,(H,14,15)/t8-/m1/s1. The topological polar surface area (TPSA) is 77.8 Å². The van der Waals surface area contributed by atoms with Crippen LogP contribution in [0.15, 0.2) is 0 Å². The van der Waals surface area contributed by atoms with Crippen LogP contribution in [0, 0.1) is 5.92 Å². The molecular formula is C10H17NO4. The normalized spacial score (nSPS) is 21.4. The van der Waals surface area contributed by atoms with Crippen molar-refractivity contribution >= 4 is 11.9 Å². The summed E-state index contributed by atoms with van der Waals surface area (Å²) < 4.78 is 0. The molecule has 0 radical (unpaired) electrons. The van der Waals surface area contributed by atoms with Gasteiger partial charge in [-0.05, 0) is 18.8 Å². The van der Waals surface area contributed by atoms with Gasteiger partial charge in [-0.3, -0.25) is 9.59 Å². The predicted octanol–water partition coefficient (Wildman–Crippen LogP) is 0.0821. The minimum atomic E-state index is -0.945. The maximum absolute atomic E-state index is 11.5. The van der Waals surface area contributed by atoms with Gasteiger partial charge in [0.25, 0.3) is 0 Å². The Morgan fingerprint density at radius 2 is 2.07 bits per heavy atom. The number of aliphatic hydroxyl groups excluding tert-OH is 1. The molecular weight excluding hydrogens is 198 g/mol. The van der Waals surface area contributed by atoms with Crippen molar-refractivity contribution in [2.75, 3.05) is 19.7 Å². The van der Waals surface area contributed by atoms with Crippen molar-refractivity contribution < 1.29 is 19.8 Å². The first-order chi connectivity index (χ1) is 7.13. The number of hydrogen-bond donors (Lipinski definition) is 2. The smallest absolute Gasteiger partial charge is 0.303 e. The van der Waals surface area contributed by atoms with Gasteiger partial charge in [-0.25, -0.2) is 0 Å². The molecule has 0 aliphatic carbocycles. The number of carbonyl (C=O) groups is 2. The van der Waals surface area contributed by atoms with Crippen LogP contribution >= 0.6 is 0 Å². The van der Waals surface area contributed by atoms with Gasteiger partial charge in [0.1, 0.15) is 0 Å². The Morgan fingerprint density at radius 1 is 1.33 bits per heavy atom. The molecule has 0 aromatic heterocycles. The SMILES string of the molecule is O=C(O)CCC(=O)N1CCC[C@@H](CO)C1. The average Bonchev–Trinajstić information content (AvgIpc) is 2.26. The molecule has 5 nitrogen and oxygen atoms in total. The first-order valence-electron chi connectivity index (χ1n) is 5.24. The van der Waals surface area contributed by atoms with Crippen molar-refractivity contribution in [3.8, 4) is 0 Å². The molecule has 86 valence electrons. The molecule has 1 amide bonds. The summed E-state index contributed by atoms with van der Waals surface area (Å²) in [6.45, 7) is 1.35. The molecule has 1 fully saturated rings. The zero-order valence-corrected chi connectivity index (χ0v) is 8.69. The highest BCUT2D eigenvalue weighted by molar-refractivity contribution is 5.80. The number of rotatable bonds is 4. The average molecular weight is 215 g/mol. The van der Waals surface area contributed by atoms with Gasteiger partial charge in [-0.2, -0.15) is 0 Å². The number of aliphatic carboxylic acids is 1. The van der Waals surface area contributed by atoms with Crippen molar-refractivity contribution in [1.82, 2.24) is 4.90 Å². The fourth-order valence-corrected chi connectivity index (χ4v) is 1.81. The van der Waals surface area contributed by atoms with Crippen LogP contribution in [0.1, 0.15) is 25.7 Å². The van der Waals surface area contributed by atoms with Gasteiger partial charge < -0.3 is 15.1 Å². The summed E-state index contributed by atoms with van der Waals surface area (Å²) >= 11 is 0. The number of hydrogen-bond acceptors (Lipinski definition) is 3. The maximum Gasteiger partial charge on any atom is 0.303 e. The van der Waals surface area contributed by atoms with Gasteiger partial charge in [0, 0.05) is 26.1 Å². The molecule has 1 heterocycles. The predicted molar refractivity (Wildman–Crippen MR) is 53.3 cm³/mol. The highest BCUT2D eigenvalue weighted by atomic mass is 16.4. The zero-order chi connectivity index (χ0) is 11.3. The van der Waals surface area contributed by atoms with Crippen molar-refractivity contribution in [2.45, 2.75) is 25.7 Å². The van der Waals surface area contributed by atoms with E-state index in [4.69, 9.17) is 10.2 Å². The molecule has 1 saturated heterocycles. The van der Waals surface area contributed by atoms with Crippen LogP contribution in [-0.2, 0) is 9.59 Å². The maximum atomic E-state index is 11.5. The molecule has 1 aliphatic heterocycles. The summed E-state index contributed by atoms with van der Waals surface area (Å²) in [5, 5.41) is 17.4. The summed E-state index contributed by atoms with van der Waals surface area (Å²) in [5.41, 5.74) is 0. The lowest BCUT2D eigenvalue weighted by atomic mass is 9.99. The van der Waals surface area contributed by atoms with E-state index >= 15 is 0 Å². The fourth-order valence-electron chi connectivity index (χ4n) is 1.81. The molecule has 1 aliphatic rings. The second-order valence-corrected chi connectivity index (χ2v) is 3.92. The van der Waals surface area contributed by atoms with E-state index in [0.717, 1.165) is 12.8 Å². The van der Waals surface area contributed by atoms with Crippen molar-refractivity contribution in [1.29, 1.82) is 0 Å². The van der Waals surface area contributed by atoms with E-state index in [2.05, 4.69) is 0 Å². The number of carbonyl (C=O) groups excluding carboxylic acids is 1. The van der Waals surface area contributed by atoms with Crippen LogP contribution < -0.4 is 0 Å². The highest BCUT2D eigenvalue weighted by Gasteiger charge is 2.22. The third-order valence-corrected chi connectivity index (χ3v) is 2.68. The van der Waals surface area contributed by atoms with E-state index < -0.39 is 5.97 Å². The number of amides is 1. The van der Waals surface area contributed by atoms with Crippen LogP contribution in [0.4, 0.5) is 0 Å². The number of carboxylic acids is 1. The third-order valence-electron chi connectivity index (χ3n) is 2.68. The number of carboxylic acid groups (broad SMARTS) is 1. The van der Waals surface area contributed by atoms with E-state index in [0.29, 0.717) is 13.1 Å². The van der Waals surface area contributed by atoms with Gasteiger partial charge in [0.05, 0.1) is 6.42 Å². The lowest BCUT2D eigenvalue weighted by Crippen LogP contribution is -2.41. The minimum Gasteiger partial charge on any atom is -0.481 e. The zero-order valence-electron chi connectivity index (χ0n) is 8.69. The van der Waals surface area contributed by atoms with Gasteiger partial charge in [-0.1, -0.05) is 0 Å². The molecule has 0 bridgehead atoms. The molecule has 0 aromatic rings. The van der Waals surface area contributed by atoms with Gasteiger partial charge in [0.2, 0.25) is 5.91 Å². The van der Waals surface area contributed by atoms with Gasteiger partial charge >= 0.3 is 5.97 Å². The molecule has 0 unspecified atom stereocenters. The summed E-state index contributed by atoms with van der Waals surface area (Å²) in [6, 6.07) is 0. The van der Waals surface area contributed by atoms with Crippen LogP contribution in [0.5, 0.6) is 0 Å². The quantitative estimate of drug-likeness (QED) is 0.696. The Kier molecular flexibility index (Phi) is 4.55. The Morgan fingerprint density at radius 3 is 2.67 bits per heavy atom. The molecule has 0 saturated carbocycles. The van der Waals surface area contributed by atoms with Crippen LogP contribution in [0.25, 0.3) is 0 Å². The van der Waals surface area contributed by atoms with Crippen molar-refractivity contribution in [3.63, 3.8) is 0 Å². The number of aliphatic hydroxyl groups is 1. The lowest BCUT2D eigenvalue weighted by Gasteiger charge is -2.31. The molecule has 0 spiro atoms. The van der Waals surface area contributed by atoms with Crippen molar-refractivity contribution in [3.05, 3.63) is 0 Å². The molecule has 1 atom stereocenters. The number of piperidine rings is 1. The number of nitrogens with zero attached hydrogens (tertiary/aromatic N) is 1. The van der Waals surface area contributed by atoms with E-state index in [1.54, 1.807) is 4.90 Å². The molecule has 0 aromatic carbocycles. The Hall–Kier alpha value is -1.10. The summed E-state index contributed by atoms with van der Waals surface area (Å²) in [6.07, 6.45) is 1.79. The Bertz CT molecular complexity index is 242.